The van der Waals surface area contributed by atoms with Crippen LogP contribution in [0.4, 0.5) is 0 Å². The van der Waals surface area contributed by atoms with Gasteiger partial charge in [-0.25, -0.2) is 4.98 Å². The number of rotatable bonds is 3. The van der Waals surface area contributed by atoms with Gasteiger partial charge >= 0.3 is 0 Å². The van der Waals surface area contributed by atoms with Crippen LogP contribution in [0.5, 0.6) is 0 Å². The molecule has 1 aromatic heterocycles. The lowest BCUT2D eigenvalue weighted by atomic mass is 9.91. The quantitative estimate of drug-likeness (QED) is 0.880. The Kier molecular flexibility index (Phi) is 5.25. The fourth-order valence-corrected chi connectivity index (χ4v) is 2.44. The minimum Gasteiger partial charge on any atom is -0.451 e. The minimum atomic E-state index is 0. The fraction of sp³-hybridized carbons (Fsp3) is 0.727. The lowest BCUT2D eigenvalue weighted by molar-refractivity contribution is 0.0977. The first-order valence-corrected chi connectivity index (χ1v) is 5.62. The maximum atomic E-state index is 5.83. The third-order valence-electron chi connectivity index (χ3n) is 3.32. The highest BCUT2D eigenvalue weighted by molar-refractivity contribution is 5.85. The Morgan fingerprint density at radius 3 is 3.06 bits per heavy atom. The molecular formula is C11H20ClN3O. The summed E-state index contributed by atoms with van der Waals surface area (Å²) in [7, 11) is 0. The highest BCUT2D eigenvalue weighted by Gasteiger charge is 2.27. The van der Waals surface area contributed by atoms with Gasteiger partial charge in [-0.15, -0.1) is 12.4 Å². The van der Waals surface area contributed by atoms with E-state index in [1.54, 1.807) is 6.26 Å². The number of aromatic nitrogens is 1. The third-order valence-corrected chi connectivity index (χ3v) is 3.32. The molecule has 2 unspecified atom stereocenters. The van der Waals surface area contributed by atoms with Crippen LogP contribution in [0.15, 0.2) is 17.1 Å². The Hall–Kier alpha value is -0.580. The minimum absolute atomic E-state index is 0. The number of oxazole rings is 1. The van der Waals surface area contributed by atoms with Crippen molar-refractivity contribution >= 4 is 12.4 Å². The molecule has 1 aliphatic rings. The van der Waals surface area contributed by atoms with Crippen LogP contribution in [-0.2, 0) is 6.54 Å². The molecule has 0 aromatic carbocycles. The van der Waals surface area contributed by atoms with Gasteiger partial charge < -0.3 is 10.2 Å². The molecule has 0 amide bonds. The van der Waals surface area contributed by atoms with Gasteiger partial charge in [0.1, 0.15) is 6.26 Å². The monoisotopic (exact) mass is 245 g/mol. The van der Waals surface area contributed by atoms with Gasteiger partial charge in [0.25, 0.3) is 0 Å². The molecule has 5 heteroatoms. The molecule has 2 heterocycles. The second-order valence-corrected chi connectivity index (χ2v) is 4.37. The predicted octanol–water partition coefficient (Wildman–Crippen LogP) is 1.66. The molecule has 1 saturated heterocycles. The standard InChI is InChI=1S/C11H19N3O.ClH/c1-9-3-2-4-14(11(9)5-12)6-10-7-15-8-13-10;/h7-9,11H,2-6,12H2,1H3;1H. The van der Waals surface area contributed by atoms with Crippen molar-refractivity contribution in [3.05, 3.63) is 18.4 Å². The number of hydrogen-bond acceptors (Lipinski definition) is 4. The van der Waals surface area contributed by atoms with Gasteiger partial charge in [0.15, 0.2) is 6.39 Å². The van der Waals surface area contributed by atoms with Crippen LogP contribution in [-0.4, -0.2) is 29.0 Å². The van der Waals surface area contributed by atoms with Crippen LogP contribution in [0.3, 0.4) is 0 Å². The summed E-state index contributed by atoms with van der Waals surface area (Å²) < 4.78 is 4.98. The van der Waals surface area contributed by atoms with Crippen LogP contribution < -0.4 is 5.73 Å². The van der Waals surface area contributed by atoms with Crippen LogP contribution >= 0.6 is 12.4 Å². The van der Waals surface area contributed by atoms with E-state index in [0.29, 0.717) is 12.0 Å². The number of piperidine rings is 1. The molecule has 1 aliphatic heterocycles. The Bertz CT molecular complexity index is 291. The summed E-state index contributed by atoms with van der Waals surface area (Å²) >= 11 is 0. The SMILES string of the molecule is CC1CCCN(Cc2cocn2)C1CN.Cl. The highest BCUT2D eigenvalue weighted by Crippen LogP contribution is 2.23. The zero-order valence-corrected chi connectivity index (χ0v) is 10.4. The van der Waals surface area contributed by atoms with Crippen molar-refractivity contribution in [3.63, 3.8) is 0 Å². The van der Waals surface area contributed by atoms with Gasteiger partial charge in [0, 0.05) is 19.1 Å². The van der Waals surface area contributed by atoms with Crippen LogP contribution in [0.1, 0.15) is 25.5 Å². The largest absolute Gasteiger partial charge is 0.451 e. The summed E-state index contributed by atoms with van der Waals surface area (Å²) in [5.41, 5.74) is 6.83. The van der Waals surface area contributed by atoms with E-state index in [0.717, 1.165) is 25.3 Å². The topological polar surface area (TPSA) is 55.3 Å². The summed E-state index contributed by atoms with van der Waals surface area (Å²) in [6, 6.07) is 0.496. The lowest BCUT2D eigenvalue weighted by Gasteiger charge is -2.38. The van der Waals surface area contributed by atoms with Gasteiger partial charge in [-0.1, -0.05) is 6.92 Å². The van der Waals surface area contributed by atoms with E-state index in [1.165, 1.54) is 19.2 Å². The van der Waals surface area contributed by atoms with Gasteiger partial charge in [-0.2, -0.15) is 0 Å². The molecular weight excluding hydrogens is 226 g/mol. The Labute approximate surface area is 103 Å². The normalized spacial score (nSPS) is 26.4. The molecule has 0 radical (unpaired) electrons. The molecule has 4 nitrogen and oxygen atoms in total. The third kappa shape index (κ3) is 2.97. The molecule has 1 fully saturated rings. The van der Waals surface area contributed by atoms with E-state index in [1.807, 2.05) is 0 Å². The molecule has 16 heavy (non-hydrogen) atoms. The first-order valence-electron chi connectivity index (χ1n) is 5.62. The van der Waals surface area contributed by atoms with E-state index in [2.05, 4.69) is 16.8 Å². The summed E-state index contributed by atoms with van der Waals surface area (Å²) in [5, 5.41) is 0. The smallest absolute Gasteiger partial charge is 0.180 e. The van der Waals surface area contributed by atoms with Gasteiger partial charge in [-0.05, 0) is 25.3 Å². The van der Waals surface area contributed by atoms with Crippen LogP contribution in [0.2, 0.25) is 0 Å². The molecule has 0 bridgehead atoms. The van der Waals surface area contributed by atoms with Crippen molar-refractivity contribution in [3.8, 4) is 0 Å². The Morgan fingerprint density at radius 1 is 1.62 bits per heavy atom. The highest BCUT2D eigenvalue weighted by atomic mass is 35.5. The first kappa shape index (κ1) is 13.5. The van der Waals surface area contributed by atoms with Gasteiger partial charge in [-0.3, -0.25) is 4.90 Å². The molecule has 0 aliphatic carbocycles. The second-order valence-electron chi connectivity index (χ2n) is 4.37. The second kappa shape index (κ2) is 6.23. The summed E-state index contributed by atoms with van der Waals surface area (Å²) in [4.78, 5) is 6.58. The van der Waals surface area contributed by atoms with E-state index in [9.17, 15) is 0 Å². The number of hydrogen-bond donors (Lipinski definition) is 1. The molecule has 2 rings (SSSR count). The van der Waals surface area contributed by atoms with Crippen molar-refractivity contribution in [2.75, 3.05) is 13.1 Å². The van der Waals surface area contributed by atoms with Crippen molar-refractivity contribution < 1.29 is 4.42 Å². The van der Waals surface area contributed by atoms with Gasteiger partial charge in [0.05, 0.1) is 5.69 Å². The summed E-state index contributed by atoms with van der Waals surface area (Å²) in [6.07, 6.45) is 5.75. The predicted molar refractivity (Wildman–Crippen MR) is 65.4 cm³/mol. The van der Waals surface area contributed by atoms with E-state index < -0.39 is 0 Å². The molecule has 2 atom stereocenters. The zero-order valence-electron chi connectivity index (χ0n) is 9.63. The number of nitrogens with zero attached hydrogens (tertiary/aromatic N) is 2. The lowest BCUT2D eigenvalue weighted by Crippen LogP contribution is -2.48. The molecule has 0 spiro atoms. The molecule has 2 N–H and O–H groups in total. The average molecular weight is 246 g/mol. The summed E-state index contributed by atoms with van der Waals surface area (Å²) in [6.45, 7) is 5.01. The Morgan fingerprint density at radius 2 is 2.44 bits per heavy atom. The van der Waals surface area contributed by atoms with E-state index in [-0.39, 0.29) is 12.4 Å². The zero-order chi connectivity index (χ0) is 10.7. The first-order chi connectivity index (χ1) is 7.31. The van der Waals surface area contributed by atoms with Crippen LogP contribution in [0.25, 0.3) is 0 Å². The van der Waals surface area contributed by atoms with Crippen molar-refractivity contribution in [1.82, 2.24) is 9.88 Å². The van der Waals surface area contributed by atoms with E-state index >= 15 is 0 Å². The number of halogens is 1. The summed E-state index contributed by atoms with van der Waals surface area (Å²) in [5.74, 6) is 0.690. The van der Waals surface area contributed by atoms with Crippen molar-refractivity contribution in [2.45, 2.75) is 32.4 Å². The maximum absolute atomic E-state index is 5.83. The van der Waals surface area contributed by atoms with Gasteiger partial charge in [0.2, 0.25) is 0 Å². The molecule has 1 aromatic rings. The van der Waals surface area contributed by atoms with Crippen LogP contribution in [0, 0.1) is 5.92 Å². The average Bonchev–Trinajstić information content (AvgIpc) is 2.71. The van der Waals surface area contributed by atoms with Crippen molar-refractivity contribution in [2.24, 2.45) is 11.7 Å². The fourth-order valence-electron chi connectivity index (χ4n) is 2.44. The number of likely N-dealkylation sites (tertiary alicyclic amines) is 1. The van der Waals surface area contributed by atoms with E-state index in [4.69, 9.17) is 10.2 Å². The number of nitrogens with two attached hydrogens (primary N) is 1. The molecule has 0 saturated carbocycles. The molecule has 92 valence electrons. The van der Waals surface area contributed by atoms with Crippen molar-refractivity contribution in [1.29, 1.82) is 0 Å². The Balaban J connectivity index is 0.00000128. The maximum Gasteiger partial charge on any atom is 0.180 e.